The van der Waals surface area contributed by atoms with Gasteiger partial charge in [0, 0.05) is 0 Å². The first kappa shape index (κ1) is 13.2. The van der Waals surface area contributed by atoms with Crippen molar-refractivity contribution in [2.24, 2.45) is 0 Å². The summed E-state index contributed by atoms with van der Waals surface area (Å²) in [5.41, 5.74) is 2.62. The van der Waals surface area contributed by atoms with E-state index in [1.807, 2.05) is 24.3 Å². The quantitative estimate of drug-likeness (QED) is 0.911. The summed E-state index contributed by atoms with van der Waals surface area (Å²) in [5, 5.41) is 3.41. The van der Waals surface area contributed by atoms with Crippen molar-refractivity contribution in [3.63, 3.8) is 0 Å². The Bertz CT molecular complexity index is 532. The maximum atomic E-state index is 5.91. The first-order chi connectivity index (χ1) is 9.92. The van der Waals surface area contributed by atoms with Crippen molar-refractivity contribution in [3.05, 3.63) is 65.7 Å². The Hall–Kier alpha value is -1.80. The molecule has 2 heteroatoms. The molecule has 20 heavy (non-hydrogen) atoms. The fraction of sp³-hybridized carbons (Fsp3) is 0.333. The Morgan fingerprint density at radius 1 is 0.950 bits per heavy atom. The maximum Gasteiger partial charge on any atom is 0.120 e. The fourth-order valence-electron chi connectivity index (χ4n) is 2.75. The number of ether oxygens (including phenoxy) is 1. The maximum absolute atomic E-state index is 5.91. The second-order valence-corrected chi connectivity index (χ2v) is 5.37. The fourth-order valence-corrected chi connectivity index (χ4v) is 2.75. The molecule has 2 aromatic carbocycles. The highest BCUT2D eigenvalue weighted by Gasteiger charge is 2.15. The van der Waals surface area contributed by atoms with Crippen molar-refractivity contribution in [3.8, 4) is 5.75 Å². The molecule has 1 saturated heterocycles. The topological polar surface area (TPSA) is 21.3 Å². The number of piperidine rings is 1. The van der Waals surface area contributed by atoms with Gasteiger partial charge in [0.2, 0.25) is 0 Å². The van der Waals surface area contributed by atoms with E-state index in [0.29, 0.717) is 12.5 Å². The smallest absolute Gasteiger partial charge is 0.120 e. The van der Waals surface area contributed by atoms with Gasteiger partial charge in [-0.2, -0.15) is 0 Å². The van der Waals surface area contributed by atoms with Crippen molar-refractivity contribution >= 4 is 0 Å². The lowest BCUT2D eigenvalue weighted by atomic mass is 9.90. The van der Waals surface area contributed by atoms with Crippen molar-refractivity contribution in [1.29, 1.82) is 0 Å². The molecular weight excluding hydrogens is 246 g/mol. The third-order valence-corrected chi connectivity index (χ3v) is 3.92. The van der Waals surface area contributed by atoms with Gasteiger partial charge < -0.3 is 10.1 Å². The molecule has 0 saturated carbocycles. The summed E-state index contributed by atoms with van der Waals surface area (Å²) in [4.78, 5) is 0. The normalized spacial score (nSPS) is 16.0. The predicted octanol–water partition coefficient (Wildman–Crippen LogP) is 3.73. The zero-order valence-corrected chi connectivity index (χ0v) is 11.7. The number of hydrogen-bond donors (Lipinski definition) is 1. The van der Waals surface area contributed by atoms with E-state index in [2.05, 4.69) is 35.6 Å². The van der Waals surface area contributed by atoms with Crippen LogP contribution >= 0.6 is 0 Å². The van der Waals surface area contributed by atoms with Gasteiger partial charge in [-0.3, -0.25) is 0 Å². The van der Waals surface area contributed by atoms with E-state index in [0.717, 1.165) is 18.8 Å². The lowest BCUT2D eigenvalue weighted by molar-refractivity contribution is 0.305. The van der Waals surface area contributed by atoms with E-state index in [4.69, 9.17) is 4.74 Å². The van der Waals surface area contributed by atoms with E-state index in [9.17, 15) is 0 Å². The largest absolute Gasteiger partial charge is 0.489 e. The summed E-state index contributed by atoms with van der Waals surface area (Å²) in [7, 11) is 0. The lowest BCUT2D eigenvalue weighted by Gasteiger charge is -2.23. The average molecular weight is 267 g/mol. The second kappa shape index (κ2) is 6.58. The van der Waals surface area contributed by atoms with Crippen molar-refractivity contribution in [2.75, 3.05) is 13.1 Å². The Morgan fingerprint density at radius 2 is 1.75 bits per heavy atom. The van der Waals surface area contributed by atoms with Gasteiger partial charge in [0.1, 0.15) is 12.4 Å². The van der Waals surface area contributed by atoms with Crippen LogP contribution in [0.15, 0.2) is 54.6 Å². The van der Waals surface area contributed by atoms with Crippen LogP contribution in [0.3, 0.4) is 0 Å². The standard InChI is InChI=1S/C18H21NO/c1-2-5-15(6-3-1)14-20-18-8-4-7-17(13-18)16-9-11-19-12-10-16/h1-8,13,16,19H,9-12,14H2. The Labute approximate surface area is 120 Å². The first-order valence-electron chi connectivity index (χ1n) is 7.39. The van der Waals surface area contributed by atoms with Crippen molar-refractivity contribution < 1.29 is 4.74 Å². The molecule has 0 radical (unpaired) electrons. The molecule has 0 bridgehead atoms. The number of nitrogens with one attached hydrogen (secondary N) is 1. The highest BCUT2D eigenvalue weighted by Crippen LogP contribution is 2.28. The first-order valence-corrected chi connectivity index (χ1v) is 7.39. The molecule has 0 spiro atoms. The molecular formula is C18H21NO. The van der Waals surface area contributed by atoms with Crippen LogP contribution in [-0.4, -0.2) is 13.1 Å². The molecule has 0 atom stereocenters. The van der Waals surface area contributed by atoms with Gasteiger partial charge in [-0.1, -0.05) is 42.5 Å². The van der Waals surface area contributed by atoms with E-state index in [-0.39, 0.29) is 0 Å². The highest BCUT2D eigenvalue weighted by atomic mass is 16.5. The third kappa shape index (κ3) is 3.40. The molecule has 0 amide bonds. The van der Waals surface area contributed by atoms with E-state index in [1.165, 1.54) is 24.0 Å². The summed E-state index contributed by atoms with van der Waals surface area (Å²) < 4.78 is 5.91. The molecule has 1 fully saturated rings. The molecule has 0 aromatic heterocycles. The van der Waals surface area contributed by atoms with Gasteiger partial charge in [-0.05, 0) is 55.1 Å². The van der Waals surface area contributed by atoms with Gasteiger partial charge in [0.15, 0.2) is 0 Å². The molecule has 3 rings (SSSR count). The predicted molar refractivity (Wildman–Crippen MR) is 82.1 cm³/mol. The minimum absolute atomic E-state index is 0.635. The van der Waals surface area contributed by atoms with Crippen LogP contribution in [0.25, 0.3) is 0 Å². The summed E-state index contributed by atoms with van der Waals surface area (Å²) in [6.07, 6.45) is 2.45. The Kier molecular flexibility index (Phi) is 4.34. The van der Waals surface area contributed by atoms with Crippen LogP contribution in [0.5, 0.6) is 5.75 Å². The molecule has 0 unspecified atom stereocenters. The van der Waals surface area contributed by atoms with Gasteiger partial charge in [-0.15, -0.1) is 0 Å². The summed E-state index contributed by atoms with van der Waals surface area (Å²) in [6.45, 7) is 2.88. The number of benzene rings is 2. The monoisotopic (exact) mass is 267 g/mol. The van der Waals surface area contributed by atoms with Crippen LogP contribution in [0, 0.1) is 0 Å². The third-order valence-electron chi connectivity index (χ3n) is 3.92. The zero-order valence-electron chi connectivity index (χ0n) is 11.7. The minimum Gasteiger partial charge on any atom is -0.489 e. The minimum atomic E-state index is 0.635. The van der Waals surface area contributed by atoms with E-state index >= 15 is 0 Å². The van der Waals surface area contributed by atoms with E-state index in [1.54, 1.807) is 0 Å². The Balaban J connectivity index is 1.65. The summed E-state index contributed by atoms with van der Waals surface area (Å²) in [5.74, 6) is 1.65. The molecule has 0 aliphatic carbocycles. The van der Waals surface area contributed by atoms with Gasteiger partial charge in [0.25, 0.3) is 0 Å². The van der Waals surface area contributed by atoms with Crippen molar-refractivity contribution in [1.82, 2.24) is 5.32 Å². The van der Waals surface area contributed by atoms with Crippen LogP contribution in [-0.2, 0) is 6.61 Å². The molecule has 2 nitrogen and oxygen atoms in total. The highest BCUT2D eigenvalue weighted by molar-refractivity contribution is 5.31. The average Bonchev–Trinajstić information content (AvgIpc) is 2.55. The lowest BCUT2D eigenvalue weighted by Crippen LogP contribution is -2.26. The molecule has 1 heterocycles. The van der Waals surface area contributed by atoms with Gasteiger partial charge in [0.05, 0.1) is 0 Å². The van der Waals surface area contributed by atoms with Crippen LogP contribution in [0.4, 0.5) is 0 Å². The van der Waals surface area contributed by atoms with Crippen LogP contribution < -0.4 is 10.1 Å². The number of hydrogen-bond acceptors (Lipinski definition) is 2. The second-order valence-electron chi connectivity index (χ2n) is 5.37. The van der Waals surface area contributed by atoms with Crippen LogP contribution in [0.2, 0.25) is 0 Å². The summed E-state index contributed by atoms with van der Waals surface area (Å²) >= 11 is 0. The zero-order chi connectivity index (χ0) is 13.6. The molecule has 104 valence electrons. The van der Waals surface area contributed by atoms with Gasteiger partial charge >= 0.3 is 0 Å². The molecule has 1 aliphatic heterocycles. The molecule has 1 aliphatic rings. The van der Waals surface area contributed by atoms with Gasteiger partial charge in [-0.25, -0.2) is 0 Å². The Morgan fingerprint density at radius 3 is 2.55 bits per heavy atom. The van der Waals surface area contributed by atoms with Crippen LogP contribution in [0.1, 0.15) is 29.9 Å². The summed E-state index contributed by atoms with van der Waals surface area (Å²) in [6, 6.07) is 18.9. The van der Waals surface area contributed by atoms with Crippen molar-refractivity contribution in [2.45, 2.75) is 25.4 Å². The molecule has 1 N–H and O–H groups in total. The number of rotatable bonds is 4. The SMILES string of the molecule is c1ccc(COc2cccc(C3CCNCC3)c2)cc1. The molecule has 2 aromatic rings. The van der Waals surface area contributed by atoms with E-state index < -0.39 is 0 Å².